The van der Waals surface area contributed by atoms with Crippen LogP contribution in [0.15, 0.2) is 82.7 Å². The Kier molecular flexibility index (Phi) is 6.46. The maximum absolute atomic E-state index is 12.2. The number of rotatable bonds is 8. The fourth-order valence-electron chi connectivity index (χ4n) is 2.70. The van der Waals surface area contributed by atoms with Crippen molar-refractivity contribution in [3.8, 4) is 11.4 Å². The summed E-state index contributed by atoms with van der Waals surface area (Å²) < 4.78 is 5.22. The summed E-state index contributed by atoms with van der Waals surface area (Å²) in [6.07, 6.45) is 7.61. The summed E-state index contributed by atoms with van der Waals surface area (Å²) in [5.41, 5.74) is 2.71. The van der Waals surface area contributed by atoms with Gasteiger partial charge in [0.1, 0.15) is 0 Å². The molecule has 30 heavy (non-hydrogen) atoms. The molecule has 0 atom stereocenters. The SMILES string of the molecule is O=C(CCc1nc(-c2cccnc2)no1)Nc1ccc(SCc2cccnc2)cc1. The van der Waals surface area contributed by atoms with Gasteiger partial charge in [0.25, 0.3) is 0 Å². The topological polar surface area (TPSA) is 93.8 Å². The second-order valence-electron chi connectivity index (χ2n) is 6.48. The maximum Gasteiger partial charge on any atom is 0.227 e. The molecule has 7 nitrogen and oxygen atoms in total. The predicted molar refractivity (Wildman–Crippen MR) is 115 cm³/mol. The average Bonchev–Trinajstić information content (AvgIpc) is 3.28. The highest BCUT2D eigenvalue weighted by Gasteiger charge is 2.11. The Hall–Kier alpha value is -3.52. The van der Waals surface area contributed by atoms with Crippen LogP contribution >= 0.6 is 11.8 Å². The van der Waals surface area contributed by atoms with Gasteiger partial charge in [0, 0.05) is 59.5 Å². The lowest BCUT2D eigenvalue weighted by Crippen LogP contribution is -2.12. The van der Waals surface area contributed by atoms with E-state index < -0.39 is 0 Å². The zero-order valence-corrected chi connectivity index (χ0v) is 16.9. The van der Waals surface area contributed by atoms with E-state index in [1.165, 1.54) is 5.56 Å². The molecule has 1 aromatic carbocycles. The molecule has 0 spiro atoms. The summed E-state index contributed by atoms with van der Waals surface area (Å²) in [6, 6.07) is 15.4. The van der Waals surface area contributed by atoms with Crippen LogP contribution < -0.4 is 5.32 Å². The molecule has 1 N–H and O–H groups in total. The summed E-state index contributed by atoms with van der Waals surface area (Å²) in [6.45, 7) is 0. The molecule has 1 amide bonds. The summed E-state index contributed by atoms with van der Waals surface area (Å²) in [5, 5.41) is 6.83. The van der Waals surface area contributed by atoms with E-state index in [-0.39, 0.29) is 12.3 Å². The Morgan fingerprint density at radius 1 is 1.00 bits per heavy atom. The molecule has 3 heterocycles. The Bertz CT molecular complexity index is 1090. The molecule has 150 valence electrons. The maximum atomic E-state index is 12.2. The molecule has 0 saturated carbocycles. The minimum absolute atomic E-state index is 0.105. The van der Waals surface area contributed by atoms with Crippen LogP contribution in [0.1, 0.15) is 17.9 Å². The molecule has 4 rings (SSSR count). The Morgan fingerprint density at radius 2 is 1.80 bits per heavy atom. The van der Waals surface area contributed by atoms with E-state index in [0.29, 0.717) is 18.1 Å². The van der Waals surface area contributed by atoms with Crippen LogP contribution in [0.5, 0.6) is 0 Å². The van der Waals surface area contributed by atoms with Gasteiger partial charge in [0.15, 0.2) is 0 Å². The van der Waals surface area contributed by atoms with Crippen LogP contribution in [0.3, 0.4) is 0 Å². The fourth-order valence-corrected chi connectivity index (χ4v) is 3.53. The number of thioether (sulfide) groups is 1. The molecule has 0 aliphatic carbocycles. The zero-order valence-electron chi connectivity index (χ0n) is 16.1. The van der Waals surface area contributed by atoms with Crippen molar-refractivity contribution in [1.29, 1.82) is 0 Å². The average molecular weight is 417 g/mol. The Morgan fingerprint density at radius 3 is 2.53 bits per heavy atom. The van der Waals surface area contributed by atoms with Gasteiger partial charge in [-0.05, 0) is 48.0 Å². The number of aromatic nitrogens is 4. The van der Waals surface area contributed by atoms with Crippen molar-refractivity contribution in [3.05, 3.63) is 84.8 Å². The largest absolute Gasteiger partial charge is 0.339 e. The van der Waals surface area contributed by atoms with E-state index in [2.05, 4.69) is 31.5 Å². The van der Waals surface area contributed by atoms with Gasteiger partial charge in [-0.1, -0.05) is 11.2 Å². The van der Waals surface area contributed by atoms with Crippen LogP contribution in [0.25, 0.3) is 11.4 Å². The number of nitrogens with zero attached hydrogens (tertiary/aromatic N) is 4. The van der Waals surface area contributed by atoms with Crippen LogP contribution in [0, 0.1) is 0 Å². The highest BCUT2D eigenvalue weighted by atomic mass is 32.2. The van der Waals surface area contributed by atoms with Crippen molar-refractivity contribution in [2.24, 2.45) is 0 Å². The van der Waals surface area contributed by atoms with Gasteiger partial charge in [-0.15, -0.1) is 11.8 Å². The molecule has 0 saturated heterocycles. The molecular weight excluding hydrogens is 398 g/mol. The van der Waals surface area contributed by atoms with E-state index in [0.717, 1.165) is 21.9 Å². The highest BCUT2D eigenvalue weighted by molar-refractivity contribution is 7.98. The molecular formula is C22H19N5O2S. The number of hydrogen-bond acceptors (Lipinski definition) is 7. The third kappa shape index (κ3) is 5.51. The number of benzene rings is 1. The van der Waals surface area contributed by atoms with Crippen molar-refractivity contribution < 1.29 is 9.32 Å². The van der Waals surface area contributed by atoms with Gasteiger partial charge in [0.05, 0.1) is 0 Å². The number of anilines is 1. The molecule has 0 radical (unpaired) electrons. The molecule has 3 aromatic heterocycles. The summed E-state index contributed by atoms with van der Waals surface area (Å²) in [7, 11) is 0. The zero-order chi connectivity index (χ0) is 20.6. The minimum Gasteiger partial charge on any atom is -0.339 e. The van der Waals surface area contributed by atoms with Gasteiger partial charge in [-0.25, -0.2) is 0 Å². The van der Waals surface area contributed by atoms with Gasteiger partial charge in [-0.3, -0.25) is 14.8 Å². The smallest absolute Gasteiger partial charge is 0.227 e. The summed E-state index contributed by atoms with van der Waals surface area (Å²) in [5.74, 6) is 1.64. The third-order valence-corrected chi connectivity index (χ3v) is 5.30. The lowest BCUT2D eigenvalue weighted by molar-refractivity contribution is -0.116. The predicted octanol–water partition coefficient (Wildman–Crippen LogP) is 4.39. The van der Waals surface area contributed by atoms with Crippen LogP contribution in [-0.2, 0) is 17.0 Å². The quantitative estimate of drug-likeness (QED) is 0.425. The van der Waals surface area contributed by atoms with Crippen LogP contribution in [0.2, 0.25) is 0 Å². The van der Waals surface area contributed by atoms with Crippen LogP contribution in [0.4, 0.5) is 5.69 Å². The highest BCUT2D eigenvalue weighted by Crippen LogP contribution is 2.24. The Labute approximate surface area is 178 Å². The van der Waals surface area contributed by atoms with Crippen molar-refractivity contribution in [2.45, 2.75) is 23.5 Å². The van der Waals surface area contributed by atoms with Crippen molar-refractivity contribution in [3.63, 3.8) is 0 Å². The van der Waals surface area contributed by atoms with Gasteiger partial charge in [-0.2, -0.15) is 4.98 Å². The van der Waals surface area contributed by atoms with E-state index in [1.807, 2.05) is 48.7 Å². The second kappa shape index (κ2) is 9.80. The lowest BCUT2D eigenvalue weighted by atomic mass is 10.2. The third-order valence-electron chi connectivity index (χ3n) is 4.22. The number of carbonyl (C=O) groups excluding carboxylic acids is 1. The normalized spacial score (nSPS) is 10.7. The fraction of sp³-hybridized carbons (Fsp3) is 0.136. The minimum atomic E-state index is -0.105. The first-order valence-electron chi connectivity index (χ1n) is 9.41. The van der Waals surface area contributed by atoms with E-state index >= 15 is 0 Å². The first kappa shape index (κ1) is 19.8. The molecule has 0 unspecified atom stereocenters. The van der Waals surface area contributed by atoms with E-state index in [9.17, 15) is 4.79 Å². The first-order valence-corrected chi connectivity index (χ1v) is 10.4. The number of nitrogens with one attached hydrogen (secondary N) is 1. The van der Waals surface area contributed by atoms with E-state index in [4.69, 9.17) is 4.52 Å². The number of pyridine rings is 2. The first-order chi connectivity index (χ1) is 14.8. The van der Waals surface area contributed by atoms with Gasteiger partial charge in [0.2, 0.25) is 17.6 Å². The molecule has 8 heteroatoms. The number of amides is 1. The molecule has 0 fully saturated rings. The van der Waals surface area contributed by atoms with E-state index in [1.54, 1.807) is 30.4 Å². The van der Waals surface area contributed by atoms with Crippen LogP contribution in [-0.4, -0.2) is 26.0 Å². The van der Waals surface area contributed by atoms with Crippen molar-refractivity contribution in [2.75, 3.05) is 5.32 Å². The molecule has 4 aromatic rings. The monoisotopic (exact) mass is 417 g/mol. The summed E-state index contributed by atoms with van der Waals surface area (Å²) in [4.78, 5) is 25.8. The standard InChI is InChI=1S/C22H19N5O2S/c28-20(9-10-21-26-22(27-29-21)17-4-2-12-24-14-17)25-18-5-7-19(8-6-18)30-15-16-3-1-11-23-13-16/h1-8,11-14H,9-10,15H2,(H,25,28). The van der Waals surface area contributed by atoms with Crippen molar-refractivity contribution >= 4 is 23.4 Å². The summed E-state index contributed by atoms with van der Waals surface area (Å²) >= 11 is 1.72. The molecule has 0 aliphatic heterocycles. The number of carbonyl (C=O) groups is 1. The van der Waals surface area contributed by atoms with Gasteiger partial charge < -0.3 is 9.84 Å². The lowest BCUT2D eigenvalue weighted by Gasteiger charge is -2.06. The number of aryl methyl sites for hydroxylation is 1. The molecule has 0 aliphatic rings. The van der Waals surface area contributed by atoms with Crippen molar-refractivity contribution in [1.82, 2.24) is 20.1 Å². The molecule has 0 bridgehead atoms. The number of hydrogen-bond donors (Lipinski definition) is 1. The van der Waals surface area contributed by atoms with Gasteiger partial charge >= 0.3 is 0 Å². The second-order valence-corrected chi connectivity index (χ2v) is 7.52. The Balaban J connectivity index is 1.24.